The summed E-state index contributed by atoms with van der Waals surface area (Å²) in [6, 6.07) is 7.09. The Kier molecular flexibility index (Phi) is 6.36. The molecule has 34 heavy (non-hydrogen) atoms. The molecule has 0 saturated carbocycles. The first kappa shape index (κ1) is 23.6. The van der Waals surface area contributed by atoms with Gasteiger partial charge in [0.1, 0.15) is 5.54 Å². The number of carbonyl (C=O) groups excluding carboxylic acids is 2. The number of amidine groups is 1. The van der Waals surface area contributed by atoms with Gasteiger partial charge in [0, 0.05) is 29.6 Å². The van der Waals surface area contributed by atoms with E-state index in [0.29, 0.717) is 31.5 Å². The van der Waals surface area contributed by atoms with Crippen molar-refractivity contribution < 1.29 is 18.0 Å². The minimum absolute atomic E-state index is 0.00934. The van der Waals surface area contributed by atoms with Crippen LogP contribution in [0.4, 0.5) is 5.69 Å². The van der Waals surface area contributed by atoms with Crippen molar-refractivity contribution >= 4 is 44.3 Å². The number of nitrogens with one attached hydrogen (secondary N) is 1. The van der Waals surface area contributed by atoms with E-state index in [1.807, 2.05) is 17.0 Å². The highest BCUT2D eigenvalue weighted by molar-refractivity contribution is 8.15. The number of fused-ring (bicyclic) bond motifs is 1. The molecule has 9 nitrogen and oxygen atoms in total. The molecule has 0 aliphatic carbocycles. The van der Waals surface area contributed by atoms with E-state index in [1.165, 1.54) is 18.2 Å². The molecule has 4 aliphatic heterocycles. The van der Waals surface area contributed by atoms with Crippen LogP contribution in [0.1, 0.15) is 42.5 Å². The smallest absolute Gasteiger partial charge is 0.253 e. The predicted octanol–water partition coefficient (Wildman–Crippen LogP) is 1.31. The van der Waals surface area contributed by atoms with Crippen molar-refractivity contribution in [1.82, 2.24) is 9.80 Å². The molecule has 4 heterocycles. The van der Waals surface area contributed by atoms with Gasteiger partial charge in [0.25, 0.3) is 5.91 Å². The van der Waals surface area contributed by atoms with Crippen molar-refractivity contribution in [2.45, 2.75) is 48.9 Å². The van der Waals surface area contributed by atoms with Crippen LogP contribution in [0.15, 0.2) is 29.3 Å². The topological polar surface area (TPSA) is 125 Å². The van der Waals surface area contributed by atoms with Crippen LogP contribution in [0.5, 0.6) is 0 Å². The fourth-order valence-corrected chi connectivity index (χ4v) is 9.21. The van der Waals surface area contributed by atoms with Crippen LogP contribution >= 0.6 is 11.8 Å². The molecule has 0 bridgehead atoms. The van der Waals surface area contributed by atoms with E-state index in [4.69, 9.17) is 5.73 Å². The minimum Gasteiger partial charge on any atom is -0.368 e. The lowest BCUT2D eigenvalue weighted by molar-refractivity contribution is -0.134. The molecular formula is C23H31N5O4S2. The lowest BCUT2D eigenvalue weighted by Crippen LogP contribution is -2.63. The number of hydrogen-bond donors (Lipinski definition) is 2. The standard InChI is InChI=1S/C23H31N5O4S2/c24-21(30)23(28-10-2-1-3-11-28)8-12-27(13-9-23)20(29)16-4-6-17(7-5-16)25-22-26-18-14-34(31,32)15-19(18)33-22/h4-7,18-19H,1-3,8-15H2,(H2,24,30)(H,25,26)/t18-,19+/m1/s1. The second-order valence-electron chi connectivity index (χ2n) is 9.67. The van der Waals surface area contributed by atoms with Crippen molar-refractivity contribution in [1.29, 1.82) is 0 Å². The third-order valence-corrected chi connectivity index (χ3v) is 10.6. The van der Waals surface area contributed by atoms with Crippen molar-refractivity contribution in [3.05, 3.63) is 29.8 Å². The van der Waals surface area contributed by atoms with Crippen LogP contribution in [0.2, 0.25) is 0 Å². The highest BCUT2D eigenvalue weighted by Crippen LogP contribution is 2.35. The summed E-state index contributed by atoms with van der Waals surface area (Å²) in [7, 11) is -2.97. The molecule has 4 aliphatic rings. The number of carbonyl (C=O) groups is 2. The van der Waals surface area contributed by atoms with Crippen LogP contribution in [0, 0.1) is 0 Å². The van der Waals surface area contributed by atoms with Gasteiger partial charge in [-0.25, -0.2) is 8.42 Å². The number of hydrogen-bond acceptors (Lipinski definition) is 8. The number of rotatable bonds is 4. The fraction of sp³-hybridized carbons (Fsp3) is 0.609. The molecule has 2 amide bonds. The number of anilines is 1. The number of aliphatic imine (C=N–C) groups is 1. The van der Waals surface area contributed by atoms with E-state index in [2.05, 4.69) is 15.2 Å². The number of sulfone groups is 1. The van der Waals surface area contributed by atoms with Gasteiger partial charge in [0.15, 0.2) is 15.0 Å². The number of thioether (sulfide) groups is 1. The fourth-order valence-electron chi connectivity index (χ4n) is 5.54. The molecule has 0 aromatic heterocycles. The molecule has 1 aromatic rings. The Balaban J connectivity index is 1.19. The van der Waals surface area contributed by atoms with E-state index >= 15 is 0 Å². The van der Waals surface area contributed by atoms with Crippen molar-refractivity contribution in [2.24, 2.45) is 10.7 Å². The number of likely N-dealkylation sites (tertiary alicyclic amines) is 2. The number of benzene rings is 1. The third-order valence-electron chi connectivity index (χ3n) is 7.50. The van der Waals surface area contributed by atoms with E-state index in [9.17, 15) is 18.0 Å². The number of amides is 2. The van der Waals surface area contributed by atoms with Crippen molar-refractivity contribution in [3.63, 3.8) is 0 Å². The van der Waals surface area contributed by atoms with E-state index < -0.39 is 15.4 Å². The van der Waals surface area contributed by atoms with Gasteiger partial charge >= 0.3 is 0 Å². The minimum atomic E-state index is -2.97. The zero-order chi connectivity index (χ0) is 23.9. The van der Waals surface area contributed by atoms with Crippen molar-refractivity contribution in [3.8, 4) is 0 Å². The summed E-state index contributed by atoms with van der Waals surface area (Å²) in [5.74, 6) is -0.0230. The first-order chi connectivity index (χ1) is 16.3. The highest BCUT2D eigenvalue weighted by atomic mass is 32.2. The maximum absolute atomic E-state index is 13.1. The Morgan fingerprint density at radius 3 is 2.32 bits per heavy atom. The molecule has 1 aromatic carbocycles. The van der Waals surface area contributed by atoms with Gasteiger partial charge in [-0.2, -0.15) is 0 Å². The first-order valence-electron chi connectivity index (χ1n) is 11.9. The zero-order valence-electron chi connectivity index (χ0n) is 19.1. The quantitative estimate of drug-likeness (QED) is 0.632. The summed E-state index contributed by atoms with van der Waals surface area (Å²) in [6.45, 7) is 2.81. The van der Waals surface area contributed by atoms with Gasteiger partial charge in [-0.1, -0.05) is 18.2 Å². The largest absolute Gasteiger partial charge is 0.368 e. The Labute approximate surface area is 204 Å². The molecule has 184 valence electrons. The predicted molar refractivity (Wildman–Crippen MR) is 134 cm³/mol. The number of nitrogens with zero attached hydrogens (tertiary/aromatic N) is 3. The van der Waals surface area contributed by atoms with Crippen LogP contribution in [-0.2, 0) is 14.6 Å². The Morgan fingerprint density at radius 2 is 1.71 bits per heavy atom. The van der Waals surface area contributed by atoms with Gasteiger partial charge in [-0.3, -0.25) is 19.5 Å². The lowest BCUT2D eigenvalue weighted by atomic mass is 9.83. The second kappa shape index (κ2) is 9.16. The summed E-state index contributed by atoms with van der Waals surface area (Å²) in [5.41, 5.74) is 6.63. The van der Waals surface area contributed by atoms with Gasteiger partial charge in [0.2, 0.25) is 5.91 Å². The molecule has 2 atom stereocenters. The molecule has 0 radical (unpaired) electrons. The summed E-state index contributed by atoms with van der Waals surface area (Å²) >= 11 is 1.47. The molecule has 0 spiro atoms. The number of primary amides is 1. The number of nitrogens with two attached hydrogens (primary N) is 1. The molecular weight excluding hydrogens is 474 g/mol. The number of piperidine rings is 2. The first-order valence-corrected chi connectivity index (χ1v) is 14.6. The molecule has 3 N–H and O–H groups in total. The summed E-state index contributed by atoms with van der Waals surface area (Å²) in [5, 5.41) is 3.95. The zero-order valence-corrected chi connectivity index (χ0v) is 20.7. The Hall–Kier alpha value is -2.11. The maximum Gasteiger partial charge on any atom is 0.253 e. The van der Waals surface area contributed by atoms with E-state index in [-0.39, 0.29) is 34.6 Å². The lowest BCUT2D eigenvalue weighted by Gasteiger charge is -2.48. The Bertz CT molecular complexity index is 1090. The molecule has 0 unspecified atom stereocenters. The third kappa shape index (κ3) is 4.57. The normalized spacial score (nSPS) is 28.2. The molecule has 5 rings (SSSR count). The van der Waals surface area contributed by atoms with Gasteiger partial charge in [-0.15, -0.1) is 0 Å². The average Bonchev–Trinajstić information content (AvgIpc) is 3.32. The van der Waals surface area contributed by atoms with E-state index in [1.54, 1.807) is 12.1 Å². The molecule has 3 saturated heterocycles. The molecule has 3 fully saturated rings. The second-order valence-corrected chi connectivity index (χ2v) is 13.1. The monoisotopic (exact) mass is 505 g/mol. The molecule has 11 heteroatoms. The summed E-state index contributed by atoms with van der Waals surface area (Å²) < 4.78 is 23.5. The SMILES string of the molecule is NC(=O)C1(N2CCCCC2)CCN(C(=O)c2ccc(NC3=N[C@@H]4CS(=O)(=O)C[C@@H]4S3)cc2)CC1. The van der Waals surface area contributed by atoms with E-state index in [0.717, 1.165) is 36.8 Å². The maximum atomic E-state index is 13.1. The average molecular weight is 506 g/mol. The highest BCUT2D eigenvalue weighted by Gasteiger charge is 2.46. The van der Waals surface area contributed by atoms with Crippen LogP contribution in [0.3, 0.4) is 0 Å². The van der Waals surface area contributed by atoms with Gasteiger partial charge in [0.05, 0.1) is 17.5 Å². The van der Waals surface area contributed by atoms with Crippen LogP contribution < -0.4 is 11.1 Å². The van der Waals surface area contributed by atoms with Crippen LogP contribution in [0.25, 0.3) is 0 Å². The van der Waals surface area contributed by atoms with Gasteiger partial charge < -0.3 is 16.0 Å². The summed E-state index contributed by atoms with van der Waals surface area (Å²) in [6.07, 6.45) is 4.51. The van der Waals surface area contributed by atoms with Crippen molar-refractivity contribution in [2.75, 3.05) is 43.0 Å². The summed E-state index contributed by atoms with van der Waals surface area (Å²) in [4.78, 5) is 34.1. The Morgan fingerprint density at radius 1 is 1.03 bits per heavy atom. The van der Waals surface area contributed by atoms with Crippen LogP contribution in [-0.4, -0.2) is 89.7 Å². The van der Waals surface area contributed by atoms with Gasteiger partial charge in [-0.05, 0) is 63.0 Å².